The van der Waals surface area contributed by atoms with Gasteiger partial charge in [0.1, 0.15) is 5.75 Å². The molecule has 0 N–H and O–H groups in total. The van der Waals surface area contributed by atoms with Crippen LogP contribution in [0.4, 0.5) is 5.69 Å². The molecule has 0 atom stereocenters. The second-order valence-corrected chi connectivity index (χ2v) is 6.86. The normalized spacial score (nSPS) is 13.5. The molecule has 0 saturated carbocycles. The number of amides is 1. The molecule has 1 aliphatic heterocycles. The zero-order chi connectivity index (χ0) is 18.1. The molecule has 0 radical (unpaired) electrons. The summed E-state index contributed by atoms with van der Waals surface area (Å²) in [5, 5.41) is 4.08. The zero-order valence-corrected chi connectivity index (χ0v) is 15.7. The van der Waals surface area contributed by atoms with E-state index in [4.69, 9.17) is 9.26 Å². The minimum Gasteiger partial charge on any atom is -0.482 e. The first-order valence-electron chi connectivity index (χ1n) is 8.33. The van der Waals surface area contributed by atoms with Crippen LogP contribution in [0.15, 0.2) is 51.5 Å². The standard InChI is InChI=1S/C19H16BrN3O3/c1-2-9-23-15-10-13(5-8-16(15)25-11-17(23)24)18-21-19(26-22-18)12-3-6-14(20)7-4-12/h3-8,10H,2,9,11H2,1H3. The van der Waals surface area contributed by atoms with Crippen molar-refractivity contribution in [3.63, 3.8) is 0 Å². The highest BCUT2D eigenvalue weighted by Gasteiger charge is 2.25. The lowest BCUT2D eigenvalue weighted by atomic mass is 10.1. The summed E-state index contributed by atoms with van der Waals surface area (Å²) in [6.07, 6.45) is 0.866. The molecule has 0 fully saturated rings. The molecule has 0 unspecified atom stereocenters. The van der Waals surface area contributed by atoms with Crippen molar-refractivity contribution in [3.05, 3.63) is 46.9 Å². The maximum Gasteiger partial charge on any atom is 0.265 e. The first-order chi connectivity index (χ1) is 12.7. The van der Waals surface area contributed by atoms with Crippen molar-refractivity contribution in [2.75, 3.05) is 18.1 Å². The molecule has 1 aromatic heterocycles. The molecule has 132 valence electrons. The molecule has 6 nitrogen and oxygen atoms in total. The summed E-state index contributed by atoms with van der Waals surface area (Å²) in [6.45, 7) is 2.76. The van der Waals surface area contributed by atoms with Crippen LogP contribution in [0.5, 0.6) is 5.75 Å². The van der Waals surface area contributed by atoms with Gasteiger partial charge in [-0.2, -0.15) is 4.98 Å². The molecule has 2 aromatic carbocycles. The molecule has 0 saturated heterocycles. The number of carbonyl (C=O) groups excluding carboxylic acids is 1. The van der Waals surface area contributed by atoms with Crippen LogP contribution in [-0.4, -0.2) is 29.2 Å². The molecule has 1 aliphatic rings. The van der Waals surface area contributed by atoms with Crippen LogP contribution in [0.1, 0.15) is 13.3 Å². The Morgan fingerprint density at radius 1 is 1.15 bits per heavy atom. The summed E-state index contributed by atoms with van der Waals surface area (Å²) in [6, 6.07) is 13.2. The number of benzene rings is 2. The van der Waals surface area contributed by atoms with Gasteiger partial charge in [0, 0.05) is 22.1 Å². The van der Waals surface area contributed by atoms with E-state index in [1.165, 1.54) is 0 Å². The van der Waals surface area contributed by atoms with E-state index >= 15 is 0 Å². The Morgan fingerprint density at radius 3 is 2.69 bits per heavy atom. The number of nitrogens with zero attached hydrogens (tertiary/aromatic N) is 3. The van der Waals surface area contributed by atoms with E-state index in [-0.39, 0.29) is 12.5 Å². The lowest BCUT2D eigenvalue weighted by Crippen LogP contribution is -2.39. The monoisotopic (exact) mass is 413 g/mol. The number of fused-ring (bicyclic) bond motifs is 1. The third-order valence-corrected chi connectivity index (χ3v) is 4.65. The average Bonchev–Trinajstić information content (AvgIpc) is 3.14. The van der Waals surface area contributed by atoms with Crippen LogP contribution in [-0.2, 0) is 4.79 Å². The molecule has 3 aromatic rings. The summed E-state index contributed by atoms with van der Waals surface area (Å²) >= 11 is 3.41. The number of ether oxygens (including phenoxy) is 1. The molecule has 0 bridgehead atoms. The van der Waals surface area contributed by atoms with Crippen molar-refractivity contribution < 1.29 is 14.1 Å². The Bertz CT molecular complexity index is 953. The van der Waals surface area contributed by atoms with E-state index < -0.39 is 0 Å². The molecule has 4 rings (SSSR count). The predicted molar refractivity (Wildman–Crippen MR) is 101 cm³/mol. The van der Waals surface area contributed by atoms with E-state index in [2.05, 4.69) is 26.1 Å². The Labute approximate surface area is 158 Å². The van der Waals surface area contributed by atoms with Crippen LogP contribution in [0.2, 0.25) is 0 Å². The van der Waals surface area contributed by atoms with Crippen molar-refractivity contribution in [1.29, 1.82) is 0 Å². The maximum absolute atomic E-state index is 12.2. The van der Waals surface area contributed by atoms with Gasteiger partial charge in [-0.15, -0.1) is 0 Å². The fourth-order valence-electron chi connectivity index (χ4n) is 2.86. The van der Waals surface area contributed by atoms with Crippen molar-refractivity contribution in [3.8, 4) is 28.6 Å². The topological polar surface area (TPSA) is 68.5 Å². The van der Waals surface area contributed by atoms with Crippen LogP contribution in [0.25, 0.3) is 22.8 Å². The molecule has 7 heteroatoms. The Balaban J connectivity index is 1.69. The summed E-state index contributed by atoms with van der Waals surface area (Å²) in [5.41, 5.74) is 2.36. The van der Waals surface area contributed by atoms with Gasteiger partial charge in [-0.25, -0.2) is 0 Å². The van der Waals surface area contributed by atoms with Crippen LogP contribution >= 0.6 is 15.9 Å². The number of hydrogen-bond donors (Lipinski definition) is 0. The van der Waals surface area contributed by atoms with Crippen molar-refractivity contribution in [2.45, 2.75) is 13.3 Å². The first-order valence-corrected chi connectivity index (χ1v) is 9.12. The largest absolute Gasteiger partial charge is 0.482 e. The second kappa shape index (κ2) is 6.92. The average molecular weight is 414 g/mol. The summed E-state index contributed by atoms with van der Waals surface area (Å²) < 4.78 is 11.9. The number of rotatable bonds is 4. The van der Waals surface area contributed by atoms with Gasteiger partial charge in [0.25, 0.3) is 11.8 Å². The number of hydrogen-bond acceptors (Lipinski definition) is 5. The number of aromatic nitrogens is 2. The smallest absolute Gasteiger partial charge is 0.265 e. The predicted octanol–water partition coefficient (Wildman–Crippen LogP) is 4.30. The highest BCUT2D eigenvalue weighted by Crippen LogP contribution is 2.36. The third-order valence-electron chi connectivity index (χ3n) is 4.12. The Morgan fingerprint density at radius 2 is 1.92 bits per heavy atom. The number of halogens is 1. The van der Waals surface area contributed by atoms with Gasteiger partial charge in [0.2, 0.25) is 5.82 Å². The molecule has 2 heterocycles. The van der Waals surface area contributed by atoms with E-state index in [0.717, 1.165) is 27.7 Å². The Kier molecular flexibility index (Phi) is 4.46. The van der Waals surface area contributed by atoms with Gasteiger partial charge in [0.05, 0.1) is 5.69 Å². The second-order valence-electron chi connectivity index (χ2n) is 5.95. The minimum absolute atomic E-state index is 0.0415. The van der Waals surface area contributed by atoms with Crippen molar-refractivity contribution in [2.24, 2.45) is 0 Å². The van der Waals surface area contributed by atoms with E-state index in [1.54, 1.807) is 4.90 Å². The van der Waals surface area contributed by atoms with Gasteiger partial charge in [0.15, 0.2) is 6.61 Å². The third kappa shape index (κ3) is 3.10. The van der Waals surface area contributed by atoms with E-state index in [1.807, 2.05) is 49.4 Å². The van der Waals surface area contributed by atoms with Gasteiger partial charge in [-0.05, 0) is 48.9 Å². The fraction of sp³-hybridized carbons (Fsp3) is 0.211. The van der Waals surface area contributed by atoms with Gasteiger partial charge >= 0.3 is 0 Å². The van der Waals surface area contributed by atoms with Gasteiger partial charge < -0.3 is 14.2 Å². The lowest BCUT2D eigenvalue weighted by molar-refractivity contribution is -0.121. The molecule has 0 spiro atoms. The summed E-state index contributed by atoms with van der Waals surface area (Å²) in [5.74, 6) is 1.57. The van der Waals surface area contributed by atoms with Crippen LogP contribution in [0, 0.1) is 0 Å². The molecule has 26 heavy (non-hydrogen) atoms. The zero-order valence-electron chi connectivity index (χ0n) is 14.1. The summed E-state index contributed by atoms with van der Waals surface area (Å²) in [7, 11) is 0. The van der Waals surface area contributed by atoms with Gasteiger partial charge in [-0.1, -0.05) is 28.0 Å². The fourth-order valence-corrected chi connectivity index (χ4v) is 3.12. The van der Waals surface area contributed by atoms with E-state index in [9.17, 15) is 4.79 Å². The minimum atomic E-state index is -0.0415. The first kappa shape index (κ1) is 16.8. The highest BCUT2D eigenvalue weighted by atomic mass is 79.9. The van der Waals surface area contributed by atoms with E-state index in [0.29, 0.717) is 24.0 Å². The Hall–Kier alpha value is -2.67. The van der Waals surface area contributed by atoms with Crippen molar-refractivity contribution in [1.82, 2.24) is 10.1 Å². The number of anilines is 1. The molecular weight excluding hydrogens is 398 g/mol. The maximum atomic E-state index is 12.2. The quantitative estimate of drug-likeness (QED) is 0.637. The molecule has 1 amide bonds. The SMILES string of the molecule is CCCN1C(=O)COc2ccc(-c3noc(-c4ccc(Br)cc4)n3)cc21. The van der Waals surface area contributed by atoms with Crippen LogP contribution < -0.4 is 9.64 Å². The highest BCUT2D eigenvalue weighted by molar-refractivity contribution is 9.10. The van der Waals surface area contributed by atoms with Crippen LogP contribution in [0.3, 0.4) is 0 Å². The number of carbonyl (C=O) groups is 1. The lowest BCUT2D eigenvalue weighted by Gasteiger charge is -2.29. The molecular formula is C19H16BrN3O3. The van der Waals surface area contributed by atoms with Crippen molar-refractivity contribution >= 4 is 27.5 Å². The van der Waals surface area contributed by atoms with Gasteiger partial charge in [-0.3, -0.25) is 4.79 Å². The summed E-state index contributed by atoms with van der Waals surface area (Å²) in [4.78, 5) is 18.4. The molecule has 0 aliphatic carbocycles.